The van der Waals surface area contributed by atoms with E-state index >= 15 is 0 Å². The topological polar surface area (TPSA) is 77.9 Å². The van der Waals surface area contributed by atoms with Gasteiger partial charge in [-0.15, -0.1) is 11.3 Å². The molecule has 7 heteroatoms. The molecular formula is C18H18N2O4S. The van der Waals surface area contributed by atoms with Gasteiger partial charge in [-0.1, -0.05) is 17.7 Å². The van der Waals surface area contributed by atoms with Crippen molar-refractivity contribution < 1.29 is 19.5 Å². The maximum Gasteiger partial charge on any atom is 0.345 e. The molecular weight excluding hydrogens is 340 g/mol. The van der Waals surface area contributed by atoms with Crippen LogP contribution < -0.4 is 0 Å². The van der Waals surface area contributed by atoms with Gasteiger partial charge < -0.3 is 14.9 Å². The van der Waals surface area contributed by atoms with E-state index in [4.69, 9.17) is 5.11 Å². The molecule has 0 aliphatic carbocycles. The van der Waals surface area contributed by atoms with Gasteiger partial charge in [0.2, 0.25) is 0 Å². The molecule has 1 fully saturated rings. The number of carboxylic acids is 1. The monoisotopic (exact) mass is 358 g/mol. The van der Waals surface area contributed by atoms with Crippen molar-refractivity contribution in [1.82, 2.24) is 9.80 Å². The van der Waals surface area contributed by atoms with Gasteiger partial charge in [-0.05, 0) is 31.2 Å². The van der Waals surface area contributed by atoms with E-state index in [9.17, 15) is 14.4 Å². The molecule has 0 atom stereocenters. The minimum absolute atomic E-state index is 0.0311. The second kappa shape index (κ2) is 7.06. The summed E-state index contributed by atoms with van der Waals surface area (Å²) in [6.07, 6.45) is 0. The molecule has 1 aromatic carbocycles. The number of carboxylic acid groups (broad SMARTS) is 1. The van der Waals surface area contributed by atoms with E-state index in [-0.39, 0.29) is 16.7 Å². The first-order valence-corrected chi connectivity index (χ1v) is 8.75. The number of amides is 2. The Morgan fingerprint density at radius 3 is 1.88 bits per heavy atom. The molecule has 1 aliphatic heterocycles. The molecule has 0 unspecified atom stereocenters. The second-order valence-corrected chi connectivity index (χ2v) is 7.00. The molecule has 0 bridgehead atoms. The van der Waals surface area contributed by atoms with Gasteiger partial charge in [-0.25, -0.2) is 4.79 Å². The fraction of sp³-hybridized carbons (Fsp3) is 0.278. The number of carbonyl (C=O) groups is 3. The summed E-state index contributed by atoms with van der Waals surface area (Å²) in [6, 6.07) is 10.4. The van der Waals surface area contributed by atoms with Crippen molar-refractivity contribution >= 4 is 29.1 Å². The summed E-state index contributed by atoms with van der Waals surface area (Å²) in [7, 11) is 0. The fourth-order valence-electron chi connectivity index (χ4n) is 2.71. The summed E-state index contributed by atoms with van der Waals surface area (Å²) >= 11 is 0.977. The summed E-state index contributed by atoms with van der Waals surface area (Å²) in [6.45, 7) is 3.79. The lowest BCUT2D eigenvalue weighted by Gasteiger charge is -2.34. The highest BCUT2D eigenvalue weighted by molar-refractivity contribution is 7.15. The lowest BCUT2D eigenvalue weighted by atomic mass is 10.1. The van der Waals surface area contributed by atoms with Crippen LogP contribution in [0.1, 0.15) is 35.3 Å². The van der Waals surface area contributed by atoms with Gasteiger partial charge in [0.25, 0.3) is 11.8 Å². The Bertz CT molecular complexity index is 805. The minimum Gasteiger partial charge on any atom is -0.477 e. The number of rotatable bonds is 3. The highest BCUT2D eigenvalue weighted by Crippen LogP contribution is 2.19. The van der Waals surface area contributed by atoms with Crippen LogP contribution in [0.4, 0.5) is 0 Å². The molecule has 2 aromatic rings. The van der Waals surface area contributed by atoms with Gasteiger partial charge >= 0.3 is 5.97 Å². The second-order valence-electron chi connectivity index (χ2n) is 5.92. The number of aryl methyl sites for hydroxylation is 1. The Hall–Kier alpha value is -2.67. The van der Waals surface area contributed by atoms with Crippen molar-refractivity contribution in [3.05, 3.63) is 57.3 Å². The summed E-state index contributed by atoms with van der Waals surface area (Å²) in [4.78, 5) is 39.8. The Morgan fingerprint density at radius 1 is 0.840 bits per heavy atom. The summed E-state index contributed by atoms with van der Waals surface area (Å²) < 4.78 is 0. The zero-order valence-corrected chi connectivity index (χ0v) is 14.6. The first-order chi connectivity index (χ1) is 12.0. The maximum absolute atomic E-state index is 12.5. The molecule has 6 nitrogen and oxygen atoms in total. The van der Waals surface area contributed by atoms with E-state index in [1.165, 1.54) is 6.07 Å². The van der Waals surface area contributed by atoms with E-state index < -0.39 is 5.97 Å². The van der Waals surface area contributed by atoms with Crippen molar-refractivity contribution in [2.24, 2.45) is 0 Å². The van der Waals surface area contributed by atoms with E-state index in [2.05, 4.69) is 0 Å². The van der Waals surface area contributed by atoms with E-state index in [0.29, 0.717) is 36.6 Å². The zero-order chi connectivity index (χ0) is 18.0. The Balaban J connectivity index is 1.61. The van der Waals surface area contributed by atoms with Crippen LogP contribution in [-0.4, -0.2) is 58.9 Å². The SMILES string of the molecule is Cc1ccc(C(=O)N2CCN(C(=O)c3ccc(C(=O)O)s3)CC2)cc1. The normalized spacial score (nSPS) is 14.4. The number of hydrogen-bond acceptors (Lipinski definition) is 4. The minimum atomic E-state index is -1.03. The van der Waals surface area contributed by atoms with Crippen molar-refractivity contribution in [3.8, 4) is 0 Å². The number of aromatic carboxylic acids is 1. The van der Waals surface area contributed by atoms with Crippen LogP contribution in [0.3, 0.4) is 0 Å². The van der Waals surface area contributed by atoms with Gasteiger partial charge in [0.1, 0.15) is 4.88 Å². The highest BCUT2D eigenvalue weighted by Gasteiger charge is 2.26. The van der Waals surface area contributed by atoms with Crippen LogP contribution in [0.5, 0.6) is 0 Å². The lowest BCUT2D eigenvalue weighted by Crippen LogP contribution is -2.50. The molecule has 1 saturated heterocycles. The number of benzene rings is 1. The summed E-state index contributed by atoms with van der Waals surface area (Å²) in [5.41, 5.74) is 1.75. The van der Waals surface area contributed by atoms with Gasteiger partial charge in [0, 0.05) is 31.7 Å². The predicted octanol–water partition coefficient (Wildman–Crippen LogP) is 2.35. The maximum atomic E-state index is 12.5. The Morgan fingerprint density at radius 2 is 1.36 bits per heavy atom. The predicted molar refractivity (Wildman–Crippen MR) is 94.3 cm³/mol. The average Bonchev–Trinajstić information content (AvgIpc) is 3.12. The molecule has 130 valence electrons. The van der Waals surface area contributed by atoms with Crippen LogP contribution >= 0.6 is 11.3 Å². The number of nitrogens with zero attached hydrogens (tertiary/aromatic N) is 2. The average molecular weight is 358 g/mol. The number of thiophene rings is 1. The molecule has 0 saturated carbocycles. The molecule has 2 heterocycles. The standard InChI is InChI=1S/C18H18N2O4S/c1-12-2-4-13(5-3-12)16(21)19-8-10-20(11-9-19)17(22)14-6-7-15(25-14)18(23)24/h2-7H,8-11H2,1H3,(H,23,24). The molecule has 2 amide bonds. The smallest absolute Gasteiger partial charge is 0.345 e. The number of piperazine rings is 1. The molecule has 1 aromatic heterocycles. The third kappa shape index (κ3) is 3.71. The van der Waals surface area contributed by atoms with E-state index in [1.807, 2.05) is 31.2 Å². The highest BCUT2D eigenvalue weighted by atomic mass is 32.1. The van der Waals surface area contributed by atoms with Gasteiger partial charge in [-0.2, -0.15) is 0 Å². The van der Waals surface area contributed by atoms with Gasteiger partial charge in [0.05, 0.1) is 4.88 Å². The summed E-state index contributed by atoms with van der Waals surface area (Å²) in [5.74, 6) is -1.24. The Kier molecular flexibility index (Phi) is 4.85. The number of carbonyl (C=O) groups excluding carboxylic acids is 2. The van der Waals surface area contributed by atoms with Crippen molar-refractivity contribution in [1.29, 1.82) is 0 Å². The number of hydrogen-bond donors (Lipinski definition) is 1. The van der Waals surface area contributed by atoms with Crippen LogP contribution in [0.25, 0.3) is 0 Å². The molecule has 25 heavy (non-hydrogen) atoms. The lowest BCUT2D eigenvalue weighted by molar-refractivity contribution is 0.0538. The fourth-order valence-corrected chi connectivity index (χ4v) is 3.53. The molecule has 1 N–H and O–H groups in total. The van der Waals surface area contributed by atoms with Crippen molar-refractivity contribution in [2.45, 2.75) is 6.92 Å². The molecule has 1 aliphatic rings. The van der Waals surface area contributed by atoms with Gasteiger partial charge in [-0.3, -0.25) is 9.59 Å². The van der Waals surface area contributed by atoms with Crippen molar-refractivity contribution in [2.75, 3.05) is 26.2 Å². The third-order valence-electron chi connectivity index (χ3n) is 4.18. The first-order valence-electron chi connectivity index (χ1n) is 7.94. The summed E-state index contributed by atoms with van der Waals surface area (Å²) in [5, 5.41) is 8.95. The Labute approximate surface area is 149 Å². The quantitative estimate of drug-likeness (QED) is 0.914. The van der Waals surface area contributed by atoms with Crippen LogP contribution in [0, 0.1) is 6.92 Å². The third-order valence-corrected chi connectivity index (χ3v) is 5.24. The van der Waals surface area contributed by atoms with Crippen LogP contribution in [-0.2, 0) is 0 Å². The molecule has 0 spiro atoms. The van der Waals surface area contributed by atoms with Gasteiger partial charge in [0.15, 0.2) is 0 Å². The molecule has 3 rings (SSSR count). The van der Waals surface area contributed by atoms with Crippen LogP contribution in [0.2, 0.25) is 0 Å². The zero-order valence-electron chi connectivity index (χ0n) is 13.8. The first kappa shape index (κ1) is 17.2. The van der Waals surface area contributed by atoms with E-state index in [0.717, 1.165) is 16.9 Å². The molecule has 0 radical (unpaired) electrons. The van der Waals surface area contributed by atoms with E-state index in [1.54, 1.807) is 15.9 Å². The van der Waals surface area contributed by atoms with Crippen LogP contribution in [0.15, 0.2) is 36.4 Å². The largest absolute Gasteiger partial charge is 0.477 e. The van der Waals surface area contributed by atoms with Crippen molar-refractivity contribution in [3.63, 3.8) is 0 Å².